The van der Waals surface area contributed by atoms with Crippen LogP contribution in [0.1, 0.15) is 59.0 Å². The lowest BCUT2D eigenvalue weighted by Gasteiger charge is -2.24. The molecule has 2 atom stereocenters. The van der Waals surface area contributed by atoms with E-state index in [-0.39, 0.29) is 49.1 Å². The Hall–Kier alpha value is -5.16. The SMILES string of the molecule is CCOC(=O)CNC(=O)C(=O)C(COCc1ccccc1)NC(=O)C(CC(C)C)NC(=O)c1cccc2c1C(=O)c1ccccc1-2. The van der Waals surface area contributed by atoms with Gasteiger partial charge in [-0.2, -0.15) is 0 Å². The number of rotatable bonds is 15. The Labute approximate surface area is 267 Å². The zero-order chi connectivity index (χ0) is 33.2. The minimum absolute atomic E-state index is 0.0558. The Morgan fingerprint density at radius 1 is 0.783 bits per heavy atom. The van der Waals surface area contributed by atoms with Crippen molar-refractivity contribution in [2.45, 2.75) is 45.9 Å². The highest BCUT2D eigenvalue weighted by Gasteiger charge is 2.34. The maximum Gasteiger partial charge on any atom is 0.325 e. The molecule has 0 spiro atoms. The monoisotopic (exact) mass is 627 g/mol. The predicted molar refractivity (Wildman–Crippen MR) is 169 cm³/mol. The zero-order valence-electron chi connectivity index (χ0n) is 26.0. The number of benzene rings is 3. The van der Waals surface area contributed by atoms with Crippen molar-refractivity contribution in [3.05, 3.63) is 95.1 Å². The third kappa shape index (κ3) is 8.30. The van der Waals surface area contributed by atoms with Crippen molar-refractivity contribution in [3.8, 4) is 11.1 Å². The number of fused-ring (bicyclic) bond motifs is 3. The van der Waals surface area contributed by atoms with Gasteiger partial charge in [-0.1, -0.05) is 80.6 Å². The van der Waals surface area contributed by atoms with Gasteiger partial charge in [0, 0.05) is 11.1 Å². The molecule has 0 aliphatic heterocycles. The van der Waals surface area contributed by atoms with Crippen LogP contribution >= 0.6 is 0 Å². The molecule has 1 aliphatic rings. The number of nitrogens with one attached hydrogen (secondary N) is 3. The molecule has 0 heterocycles. The predicted octanol–water partition coefficient (Wildman–Crippen LogP) is 2.99. The summed E-state index contributed by atoms with van der Waals surface area (Å²) in [6, 6.07) is 18.6. The molecule has 3 aromatic rings. The average molecular weight is 628 g/mol. The van der Waals surface area contributed by atoms with E-state index in [1.54, 1.807) is 31.2 Å². The maximum absolute atomic E-state index is 13.6. The molecular weight excluding hydrogens is 590 g/mol. The van der Waals surface area contributed by atoms with Crippen molar-refractivity contribution in [1.82, 2.24) is 16.0 Å². The van der Waals surface area contributed by atoms with E-state index in [0.717, 1.165) is 11.1 Å². The molecule has 1 aliphatic carbocycles. The first-order chi connectivity index (χ1) is 22.1. The summed E-state index contributed by atoms with van der Waals surface area (Å²) in [5, 5.41) is 7.50. The summed E-state index contributed by atoms with van der Waals surface area (Å²) in [6.45, 7) is 4.65. The van der Waals surface area contributed by atoms with Gasteiger partial charge in [0.25, 0.3) is 11.8 Å². The summed E-state index contributed by atoms with van der Waals surface area (Å²) in [5.41, 5.74) is 3.04. The van der Waals surface area contributed by atoms with E-state index in [1.165, 1.54) is 6.07 Å². The van der Waals surface area contributed by atoms with Crippen LogP contribution in [0.4, 0.5) is 0 Å². The van der Waals surface area contributed by atoms with Crippen LogP contribution < -0.4 is 16.0 Å². The van der Waals surface area contributed by atoms with Crippen LogP contribution in [0.25, 0.3) is 11.1 Å². The molecule has 11 heteroatoms. The lowest BCUT2D eigenvalue weighted by atomic mass is 9.98. The summed E-state index contributed by atoms with van der Waals surface area (Å²) < 4.78 is 10.5. The quantitative estimate of drug-likeness (QED) is 0.134. The molecule has 0 bridgehead atoms. The molecule has 46 heavy (non-hydrogen) atoms. The summed E-state index contributed by atoms with van der Waals surface area (Å²) in [5.74, 6) is -4.55. The van der Waals surface area contributed by atoms with Crippen LogP contribution in [0, 0.1) is 5.92 Å². The Balaban J connectivity index is 1.51. The highest BCUT2D eigenvalue weighted by molar-refractivity contribution is 6.38. The van der Waals surface area contributed by atoms with Gasteiger partial charge in [-0.3, -0.25) is 28.8 Å². The molecule has 3 N–H and O–H groups in total. The van der Waals surface area contributed by atoms with Crippen molar-refractivity contribution in [3.63, 3.8) is 0 Å². The van der Waals surface area contributed by atoms with Crippen molar-refractivity contribution in [2.75, 3.05) is 19.8 Å². The summed E-state index contributed by atoms with van der Waals surface area (Å²) in [4.78, 5) is 78.1. The average Bonchev–Trinajstić information content (AvgIpc) is 3.34. The van der Waals surface area contributed by atoms with Gasteiger partial charge >= 0.3 is 5.97 Å². The van der Waals surface area contributed by atoms with E-state index < -0.39 is 48.1 Å². The molecule has 0 aromatic heterocycles. The van der Waals surface area contributed by atoms with Crippen LogP contribution in [0.2, 0.25) is 0 Å². The Morgan fingerprint density at radius 3 is 2.15 bits per heavy atom. The largest absolute Gasteiger partial charge is 0.465 e. The maximum atomic E-state index is 13.6. The number of amides is 3. The molecule has 3 aromatic carbocycles. The number of Topliss-reactive ketones (excluding diaryl/α,β-unsaturated/α-hetero) is 1. The molecule has 11 nitrogen and oxygen atoms in total. The molecule has 2 unspecified atom stereocenters. The Bertz CT molecular complexity index is 1620. The van der Waals surface area contributed by atoms with Gasteiger partial charge in [0.15, 0.2) is 5.78 Å². The zero-order valence-corrected chi connectivity index (χ0v) is 26.0. The molecule has 0 fully saturated rings. The Morgan fingerprint density at radius 2 is 1.46 bits per heavy atom. The number of carbonyl (C=O) groups is 6. The van der Waals surface area contributed by atoms with Crippen LogP contribution in [-0.4, -0.2) is 67.1 Å². The summed E-state index contributed by atoms with van der Waals surface area (Å²) in [6.07, 6.45) is 0.196. The van der Waals surface area contributed by atoms with Gasteiger partial charge in [-0.05, 0) is 42.0 Å². The fourth-order valence-corrected chi connectivity index (χ4v) is 5.13. The number of hydrogen-bond acceptors (Lipinski definition) is 8. The number of ether oxygens (including phenoxy) is 2. The van der Waals surface area contributed by atoms with Crippen molar-refractivity contribution in [1.29, 1.82) is 0 Å². The van der Waals surface area contributed by atoms with Crippen LogP contribution in [0.3, 0.4) is 0 Å². The minimum Gasteiger partial charge on any atom is -0.465 e. The van der Waals surface area contributed by atoms with Gasteiger partial charge < -0.3 is 25.4 Å². The van der Waals surface area contributed by atoms with Crippen LogP contribution in [0.5, 0.6) is 0 Å². The first-order valence-electron chi connectivity index (χ1n) is 15.1. The number of hydrogen-bond donors (Lipinski definition) is 3. The van der Waals surface area contributed by atoms with E-state index >= 15 is 0 Å². The smallest absolute Gasteiger partial charge is 0.325 e. The van der Waals surface area contributed by atoms with Crippen LogP contribution in [0.15, 0.2) is 72.8 Å². The van der Waals surface area contributed by atoms with E-state index in [9.17, 15) is 28.8 Å². The molecule has 240 valence electrons. The van der Waals surface area contributed by atoms with E-state index in [0.29, 0.717) is 11.1 Å². The highest BCUT2D eigenvalue weighted by atomic mass is 16.5. The van der Waals surface area contributed by atoms with Gasteiger partial charge in [-0.15, -0.1) is 0 Å². The Kier molecular flexibility index (Phi) is 11.5. The van der Waals surface area contributed by atoms with Crippen molar-refractivity contribution in [2.24, 2.45) is 5.92 Å². The summed E-state index contributed by atoms with van der Waals surface area (Å²) >= 11 is 0. The molecule has 0 radical (unpaired) electrons. The lowest BCUT2D eigenvalue weighted by molar-refractivity contribution is -0.146. The first-order valence-corrected chi connectivity index (χ1v) is 15.1. The minimum atomic E-state index is -1.43. The number of ketones is 2. The number of carbonyl (C=O) groups excluding carboxylic acids is 6. The van der Waals surface area contributed by atoms with Gasteiger partial charge in [0.05, 0.1) is 25.4 Å². The van der Waals surface area contributed by atoms with Gasteiger partial charge in [-0.25, -0.2) is 0 Å². The fraction of sp³-hybridized carbons (Fsp3) is 0.314. The van der Waals surface area contributed by atoms with Crippen LogP contribution in [-0.2, 0) is 35.3 Å². The van der Waals surface area contributed by atoms with E-state index in [2.05, 4.69) is 16.0 Å². The topological polar surface area (TPSA) is 157 Å². The first kappa shape index (κ1) is 33.7. The number of esters is 1. The third-order valence-corrected chi connectivity index (χ3v) is 7.28. The normalized spacial score (nSPS) is 12.8. The second-order valence-corrected chi connectivity index (χ2v) is 11.2. The molecule has 4 rings (SSSR count). The second-order valence-electron chi connectivity index (χ2n) is 11.2. The van der Waals surface area contributed by atoms with Crippen molar-refractivity contribution < 1.29 is 38.2 Å². The van der Waals surface area contributed by atoms with Crippen molar-refractivity contribution >= 4 is 35.3 Å². The van der Waals surface area contributed by atoms with E-state index in [1.807, 2.05) is 56.3 Å². The molecule has 0 saturated carbocycles. The summed E-state index contributed by atoms with van der Waals surface area (Å²) in [7, 11) is 0. The van der Waals surface area contributed by atoms with Gasteiger partial charge in [0.2, 0.25) is 11.7 Å². The van der Waals surface area contributed by atoms with Gasteiger partial charge in [0.1, 0.15) is 18.6 Å². The molecular formula is C35H37N3O8. The fourth-order valence-electron chi connectivity index (χ4n) is 5.13. The molecule has 3 amide bonds. The second kappa shape index (κ2) is 15.7. The highest BCUT2D eigenvalue weighted by Crippen LogP contribution is 2.38. The van der Waals surface area contributed by atoms with E-state index in [4.69, 9.17) is 9.47 Å². The standard InChI is InChI=1S/C35H37N3O8/c1-4-46-29(39)18-36-35(44)32(41)28(20-45-19-22-11-6-5-7-12-22)38-34(43)27(17-21(2)3)37-33(42)26-16-10-15-24-23-13-8-9-14-25(23)31(40)30(24)26/h5-16,21,27-28H,4,17-20H2,1-3H3,(H,36,44)(H,37,42)(H,38,43). The third-order valence-electron chi connectivity index (χ3n) is 7.28. The molecule has 0 saturated heterocycles. The lowest BCUT2D eigenvalue weighted by Crippen LogP contribution is -2.56.